The van der Waals surface area contributed by atoms with Crippen molar-refractivity contribution in [1.29, 1.82) is 0 Å². The summed E-state index contributed by atoms with van der Waals surface area (Å²) in [7, 11) is 0. The zero-order valence-corrected chi connectivity index (χ0v) is 9.46. The molecular weight excluding hydrogens is 192 g/mol. The van der Waals surface area contributed by atoms with E-state index in [1.54, 1.807) is 6.07 Å². The molecule has 1 rings (SSSR count). The Morgan fingerprint density at radius 1 is 1.47 bits per heavy atom. The van der Waals surface area contributed by atoms with Gasteiger partial charge in [0.15, 0.2) is 5.76 Å². The quantitative estimate of drug-likeness (QED) is 0.721. The van der Waals surface area contributed by atoms with Crippen molar-refractivity contribution in [3.05, 3.63) is 23.7 Å². The molecular formula is C11H18N2O2. The van der Waals surface area contributed by atoms with Gasteiger partial charge in [0, 0.05) is 24.7 Å². The van der Waals surface area contributed by atoms with Crippen LogP contribution in [-0.4, -0.2) is 25.0 Å². The molecule has 2 N–H and O–H groups in total. The lowest BCUT2D eigenvalue weighted by Crippen LogP contribution is -2.34. The van der Waals surface area contributed by atoms with Gasteiger partial charge < -0.3 is 15.1 Å². The summed E-state index contributed by atoms with van der Waals surface area (Å²) in [4.78, 5) is 11.5. The number of furan rings is 1. The Morgan fingerprint density at radius 3 is 2.73 bits per heavy atom. The molecule has 0 unspecified atom stereocenters. The van der Waals surface area contributed by atoms with Gasteiger partial charge in [-0.2, -0.15) is 0 Å². The molecule has 0 bridgehead atoms. The van der Waals surface area contributed by atoms with Crippen molar-refractivity contribution < 1.29 is 9.21 Å². The molecule has 0 aliphatic heterocycles. The molecule has 0 saturated carbocycles. The van der Waals surface area contributed by atoms with E-state index < -0.39 is 0 Å². The molecule has 1 heterocycles. The van der Waals surface area contributed by atoms with Gasteiger partial charge >= 0.3 is 0 Å². The topological polar surface area (TPSA) is 54.3 Å². The lowest BCUT2D eigenvalue weighted by molar-refractivity contribution is 0.0925. The Hall–Kier alpha value is -1.29. The second-order valence-electron chi connectivity index (χ2n) is 3.80. The van der Waals surface area contributed by atoms with E-state index in [9.17, 15) is 4.79 Å². The minimum atomic E-state index is -0.150. The van der Waals surface area contributed by atoms with Crippen molar-refractivity contribution in [2.45, 2.75) is 26.8 Å². The van der Waals surface area contributed by atoms with Crippen molar-refractivity contribution in [3.63, 3.8) is 0 Å². The van der Waals surface area contributed by atoms with Crippen molar-refractivity contribution in [1.82, 2.24) is 10.6 Å². The minimum absolute atomic E-state index is 0.150. The van der Waals surface area contributed by atoms with Crippen LogP contribution < -0.4 is 10.6 Å². The van der Waals surface area contributed by atoms with Gasteiger partial charge in [-0.3, -0.25) is 4.79 Å². The van der Waals surface area contributed by atoms with Gasteiger partial charge in [0.2, 0.25) is 0 Å². The van der Waals surface area contributed by atoms with Crippen LogP contribution in [0.3, 0.4) is 0 Å². The second-order valence-corrected chi connectivity index (χ2v) is 3.80. The monoisotopic (exact) mass is 210 g/mol. The van der Waals surface area contributed by atoms with E-state index in [-0.39, 0.29) is 5.91 Å². The zero-order valence-electron chi connectivity index (χ0n) is 9.46. The van der Waals surface area contributed by atoms with E-state index in [0.717, 1.165) is 12.1 Å². The molecule has 4 nitrogen and oxygen atoms in total. The van der Waals surface area contributed by atoms with E-state index in [2.05, 4.69) is 24.5 Å². The number of rotatable bonds is 5. The Labute approximate surface area is 90.0 Å². The van der Waals surface area contributed by atoms with Crippen molar-refractivity contribution in [2.75, 3.05) is 13.1 Å². The van der Waals surface area contributed by atoms with Gasteiger partial charge in [-0.1, -0.05) is 13.8 Å². The van der Waals surface area contributed by atoms with Crippen molar-refractivity contribution in [2.24, 2.45) is 0 Å². The third-order valence-electron chi connectivity index (χ3n) is 2.03. The maximum Gasteiger partial charge on any atom is 0.287 e. The maximum absolute atomic E-state index is 11.5. The highest BCUT2D eigenvalue weighted by Gasteiger charge is 2.11. The summed E-state index contributed by atoms with van der Waals surface area (Å²) in [6.45, 7) is 7.36. The molecule has 0 atom stereocenters. The molecule has 1 aromatic heterocycles. The van der Waals surface area contributed by atoms with E-state index in [0.29, 0.717) is 18.3 Å². The summed E-state index contributed by atoms with van der Waals surface area (Å²) in [5, 5.41) is 6.00. The smallest absolute Gasteiger partial charge is 0.287 e. The van der Waals surface area contributed by atoms with Crippen LogP contribution in [0, 0.1) is 6.92 Å². The number of nitrogens with one attached hydrogen (secondary N) is 2. The molecule has 0 fully saturated rings. The normalized spacial score (nSPS) is 10.7. The molecule has 1 amide bonds. The van der Waals surface area contributed by atoms with Gasteiger partial charge in [0.25, 0.3) is 5.91 Å². The molecule has 4 heteroatoms. The standard InChI is InChI=1S/C11H18N2O2/c1-8(2)12-5-6-13-11(14)10-9(3)4-7-15-10/h4,7-8,12H,5-6H2,1-3H3,(H,13,14). The fourth-order valence-electron chi connectivity index (χ4n) is 1.22. The Kier molecular flexibility index (Phi) is 4.37. The fraction of sp³-hybridized carbons (Fsp3) is 0.545. The summed E-state index contributed by atoms with van der Waals surface area (Å²) in [5.74, 6) is 0.252. The lowest BCUT2D eigenvalue weighted by Gasteiger charge is -2.08. The highest BCUT2D eigenvalue weighted by atomic mass is 16.3. The number of carbonyl (C=O) groups excluding carboxylic acids is 1. The van der Waals surface area contributed by atoms with Gasteiger partial charge in [-0.05, 0) is 13.0 Å². The first-order valence-electron chi connectivity index (χ1n) is 5.17. The van der Waals surface area contributed by atoms with Crippen LogP contribution in [0.1, 0.15) is 30.0 Å². The van der Waals surface area contributed by atoms with Crippen LogP contribution in [0.5, 0.6) is 0 Å². The van der Waals surface area contributed by atoms with E-state index in [1.165, 1.54) is 6.26 Å². The molecule has 0 aliphatic carbocycles. The van der Waals surface area contributed by atoms with Gasteiger partial charge in [0.1, 0.15) is 0 Å². The molecule has 0 radical (unpaired) electrons. The molecule has 1 aromatic rings. The summed E-state index contributed by atoms with van der Waals surface area (Å²) in [5.41, 5.74) is 0.865. The Morgan fingerprint density at radius 2 is 2.20 bits per heavy atom. The van der Waals surface area contributed by atoms with Crippen LogP contribution in [-0.2, 0) is 0 Å². The third-order valence-corrected chi connectivity index (χ3v) is 2.03. The summed E-state index contributed by atoms with van der Waals surface area (Å²) in [6.07, 6.45) is 1.52. The highest BCUT2D eigenvalue weighted by Crippen LogP contribution is 2.07. The first-order chi connectivity index (χ1) is 7.11. The van der Waals surface area contributed by atoms with E-state index in [4.69, 9.17) is 4.42 Å². The molecule has 84 valence electrons. The number of hydrogen-bond donors (Lipinski definition) is 2. The maximum atomic E-state index is 11.5. The minimum Gasteiger partial charge on any atom is -0.459 e. The largest absolute Gasteiger partial charge is 0.459 e. The Bertz CT molecular complexity index is 318. The average molecular weight is 210 g/mol. The first-order valence-corrected chi connectivity index (χ1v) is 5.17. The van der Waals surface area contributed by atoms with Gasteiger partial charge in [0.05, 0.1) is 6.26 Å². The first kappa shape index (κ1) is 11.8. The van der Waals surface area contributed by atoms with E-state index >= 15 is 0 Å². The van der Waals surface area contributed by atoms with Crippen LogP contribution in [0.15, 0.2) is 16.7 Å². The molecule has 0 aromatic carbocycles. The summed E-state index contributed by atoms with van der Waals surface area (Å²) >= 11 is 0. The summed E-state index contributed by atoms with van der Waals surface area (Å²) in [6, 6.07) is 2.22. The number of aryl methyl sites for hydroxylation is 1. The predicted octanol–water partition coefficient (Wildman–Crippen LogP) is 1.32. The SMILES string of the molecule is Cc1ccoc1C(=O)NCCNC(C)C. The number of hydrogen-bond acceptors (Lipinski definition) is 3. The van der Waals surface area contributed by atoms with Crippen molar-refractivity contribution in [3.8, 4) is 0 Å². The fourth-order valence-corrected chi connectivity index (χ4v) is 1.22. The Balaban J connectivity index is 2.28. The van der Waals surface area contributed by atoms with Crippen LogP contribution in [0.2, 0.25) is 0 Å². The average Bonchev–Trinajstić information content (AvgIpc) is 2.58. The predicted molar refractivity (Wildman–Crippen MR) is 58.9 cm³/mol. The van der Waals surface area contributed by atoms with Gasteiger partial charge in [-0.15, -0.1) is 0 Å². The van der Waals surface area contributed by atoms with Gasteiger partial charge in [-0.25, -0.2) is 0 Å². The summed E-state index contributed by atoms with van der Waals surface area (Å²) < 4.78 is 5.07. The van der Waals surface area contributed by atoms with Crippen LogP contribution in [0.25, 0.3) is 0 Å². The second kappa shape index (κ2) is 5.56. The van der Waals surface area contributed by atoms with E-state index in [1.807, 2.05) is 6.92 Å². The molecule has 15 heavy (non-hydrogen) atoms. The highest BCUT2D eigenvalue weighted by molar-refractivity contribution is 5.92. The van der Waals surface area contributed by atoms with Crippen LogP contribution >= 0.6 is 0 Å². The zero-order chi connectivity index (χ0) is 11.3. The lowest BCUT2D eigenvalue weighted by atomic mass is 10.3. The number of amides is 1. The number of carbonyl (C=O) groups is 1. The third kappa shape index (κ3) is 3.75. The van der Waals surface area contributed by atoms with Crippen LogP contribution in [0.4, 0.5) is 0 Å². The molecule has 0 spiro atoms. The molecule has 0 saturated heterocycles. The van der Waals surface area contributed by atoms with Crippen molar-refractivity contribution >= 4 is 5.91 Å². The molecule has 0 aliphatic rings.